The van der Waals surface area contributed by atoms with Gasteiger partial charge in [-0.05, 0) is 57.6 Å². The molecule has 2 aromatic carbocycles. The van der Waals surface area contributed by atoms with Crippen LogP contribution in [0.2, 0.25) is 0 Å². The fraction of sp³-hybridized carbons (Fsp3) is 0.537. The van der Waals surface area contributed by atoms with Crippen LogP contribution in [0.5, 0.6) is 0 Å². The Morgan fingerprint density at radius 1 is 0.682 bits per heavy atom. The second kappa shape index (κ2) is 28.8. The summed E-state index contributed by atoms with van der Waals surface area (Å²) in [6.45, 7) is 3.54. The average molecular weight is 924 g/mol. The first-order chi connectivity index (χ1) is 32.0. The molecular weight excluding hydrogens is 871 g/mol. The topological polar surface area (TPSA) is 324 Å². The third-order valence-electron chi connectivity index (χ3n) is 9.62. The summed E-state index contributed by atoms with van der Waals surface area (Å²) in [4.78, 5) is 99.2. The molecule has 0 saturated carbocycles. The second-order valence-electron chi connectivity index (χ2n) is 14.2. The fourth-order valence-electron chi connectivity index (χ4n) is 6.53. The van der Waals surface area contributed by atoms with Crippen LogP contribution in [0.25, 0.3) is 32.0 Å². The van der Waals surface area contributed by atoms with Gasteiger partial charge in [0.1, 0.15) is 13.2 Å². The minimum absolute atomic E-state index is 0.0391. The Hall–Kier alpha value is -6.85. The molecule has 0 aromatic heterocycles. The van der Waals surface area contributed by atoms with Crippen LogP contribution in [-0.4, -0.2) is 170 Å². The summed E-state index contributed by atoms with van der Waals surface area (Å²) in [5.74, 6) is -4.08. The fourth-order valence-corrected chi connectivity index (χ4v) is 6.53. The highest BCUT2D eigenvalue weighted by Crippen LogP contribution is 2.45. The highest BCUT2D eigenvalue weighted by Gasteiger charge is 2.34. The van der Waals surface area contributed by atoms with E-state index in [1.54, 1.807) is 36.4 Å². The van der Waals surface area contributed by atoms with E-state index < -0.39 is 42.3 Å². The molecule has 1 aliphatic carbocycles. The van der Waals surface area contributed by atoms with E-state index in [0.717, 1.165) is 11.1 Å². The van der Waals surface area contributed by atoms with E-state index >= 15 is 0 Å². The van der Waals surface area contributed by atoms with Crippen molar-refractivity contribution in [3.05, 3.63) is 79.5 Å². The van der Waals surface area contributed by atoms with E-state index in [4.69, 9.17) is 44.3 Å². The number of carbonyl (C=O) groups excluding carboxylic acids is 7. The summed E-state index contributed by atoms with van der Waals surface area (Å²) in [7, 11) is 0. The molecule has 0 bridgehead atoms. The zero-order chi connectivity index (χ0) is 47.5. The van der Waals surface area contributed by atoms with Gasteiger partial charge in [-0.25, -0.2) is 9.59 Å². The van der Waals surface area contributed by atoms with Gasteiger partial charge in [0, 0.05) is 92.4 Å². The van der Waals surface area contributed by atoms with Gasteiger partial charge in [0.2, 0.25) is 0 Å². The average Bonchev–Trinajstić information content (AvgIpc) is 3.79. The summed E-state index contributed by atoms with van der Waals surface area (Å²) in [6.07, 6.45) is -0.963. The van der Waals surface area contributed by atoms with E-state index in [0.29, 0.717) is 27.3 Å². The van der Waals surface area contributed by atoms with Crippen LogP contribution in [0.4, 0.5) is 4.79 Å². The first-order valence-electron chi connectivity index (χ1n) is 21.0. The molecule has 5 amide bonds. The summed E-state index contributed by atoms with van der Waals surface area (Å²) in [6, 6.07) is 10.3. The minimum Gasteiger partial charge on any atom is -0.465 e. The van der Waals surface area contributed by atoms with E-state index in [9.17, 15) is 33.6 Å². The van der Waals surface area contributed by atoms with Crippen molar-refractivity contribution >= 4 is 41.7 Å². The van der Waals surface area contributed by atoms with Gasteiger partial charge in [-0.2, -0.15) is 0 Å². The Labute approximate surface area is 378 Å². The quantitative estimate of drug-likeness (QED) is 0.0244. The smallest absolute Gasteiger partial charge is 0.407 e. The van der Waals surface area contributed by atoms with Crippen molar-refractivity contribution in [2.45, 2.75) is 25.7 Å². The van der Waals surface area contributed by atoms with Crippen molar-refractivity contribution in [2.24, 2.45) is 10.2 Å². The Morgan fingerprint density at radius 2 is 1.20 bits per heavy atom. The molecule has 0 spiro atoms. The summed E-state index contributed by atoms with van der Waals surface area (Å²) < 4.78 is 32.3. The van der Waals surface area contributed by atoms with Gasteiger partial charge >= 0.3 is 18.0 Å². The molecule has 66 heavy (non-hydrogen) atoms. The molecule has 25 nitrogen and oxygen atoms in total. The highest BCUT2D eigenvalue weighted by atomic mass is 16.7. The maximum absolute atomic E-state index is 13.3. The Morgan fingerprint density at radius 3 is 1.70 bits per heavy atom. The van der Waals surface area contributed by atoms with Gasteiger partial charge < -0.3 is 49.2 Å². The number of azide groups is 2. The molecule has 3 N–H and O–H groups in total. The molecule has 2 aromatic rings. The third kappa shape index (κ3) is 17.6. The molecule has 0 radical (unpaired) electrons. The van der Waals surface area contributed by atoms with Crippen molar-refractivity contribution in [3.8, 4) is 11.1 Å². The Balaban J connectivity index is 1.38. The standard InChI is InChI=1S/C41H53N11O14/c1-28(53)64-19-14-51(26-38(56)66-52-36(54)6-7-37(52)55)13-8-46-41(59)65-27-35-33-24-29(39(57)44-9-15-60-20-22-62-17-11-47-49-42)2-4-31(33)32-5-3-30(25-34(32)35)40(58)45-10-16-61-21-23-63-18-12-48-50-43/h2-5,24-25,35H,6-23,26-27H2,1H3,(H,44,57)(H,45,58)(H,46,59). The van der Waals surface area contributed by atoms with Crippen molar-refractivity contribution in [2.75, 3.05) is 118 Å². The number of hydrogen-bond acceptors (Lipinski definition) is 17. The van der Waals surface area contributed by atoms with Gasteiger partial charge in [-0.1, -0.05) is 22.4 Å². The summed E-state index contributed by atoms with van der Waals surface area (Å²) in [5, 5.41) is 15.5. The zero-order valence-corrected chi connectivity index (χ0v) is 36.5. The van der Waals surface area contributed by atoms with Crippen LogP contribution >= 0.6 is 0 Å². The van der Waals surface area contributed by atoms with Crippen LogP contribution in [0.15, 0.2) is 46.6 Å². The lowest BCUT2D eigenvalue weighted by atomic mass is 9.95. The first-order valence-corrected chi connectivity index (χ1v) is 21.0. The number of carbonyl (C=O) groups is 7. The van der Waals surface area contributed by atoms with E-state index in [2.05, 4.69) is 36.0 Å². The number of rotatable bonds is 31. The molecule has 1 fully saturated rings. The van der Waals surface area contributed by atoms with E-state index in [1.165, 1.54) is 11.8 Å². The number of ether oxygens (including phenoxy) is 6. The molecular formula is C41H53N11O14. The lowest BCUT2D eigenvalue weighted by molar-refractivity contribution is -0.198. The first kappa shape index (κ1) is 51.8. The van der Waals surface area contributed by atoms with Gasteiger partial charge in [-0.3, -0.25) is 28.9 Å². The maximum Gasteiger partial charge on any atom is 0.407 e. The summed E-state index contributed by atoms with van der Waals surface area (Å²) in [5.41, 5.74) is 20.2. The number of nitrogens with zero attached hydrogens (tertiary/aromatic N) is 8. The molecule has 2 aliphatic rings. The maximum atomic E-state index is 13.3. The van der Waals surface area contributed by atoms with Crippen molar-refractivity contribution in [3.63, 3.8) is 0 Å². The lowest BCUT2D eigenvalue weighted by Crippen LogP contribution is -2.42. The number of amides is 5. The van der Waals surface area contributed by atoms with Crippen LogP contribution in [0.1, 0.15) is 57.5 Å². The molecule has 1 aliphatic heterocycles. The SMILES string of the molecule is CC(=O)OCCN(CCNC(=O)OCC1c2cc(C(=O)NCCOCCOCCN=[N+]=[N-])ccc2-c2ccc(C(=O)NCCOCCOCCN=[N+]=[N-])cc21)CC(=O)ON1C(=O)CCC1=O. The third-order valence-corrected chi connectivity index (χ3v) is 9.62. The Kier molecular flexibility index (Phi) is 22.6. The zero-order valence-electron chi connectivity index (χ0n) is 36.5. The van der Waals surface area contributed by atoms with Crippen molar-refractivity contribution < 1.29 is 66.8 Å². The second-order valence-corrected chi connectivity index (χ2v) is 14.2. The van der Waals surface area contributed by atoms with Crippen LogP contribution in [-0.2, 0) is 52.4 Å². The molecule has 1 heterocycles. The number of nitrogens with one attached hydrogen (secondary N) is 3. The molecule has 0 unspecified atom stereocenters. The van der Waals surface area contributed by atoms with Crippen LogP contribution < -0.4 is 16.0 Å². The number of hydroxylamine groups is 2. The van der Waals surface area contributed by atoms with Crippen LogP contribution in [0.3, 0.4) is 0 Å². The molecule has 356 valence electrons. The Bertz CT molecular complexity index is 2000. The predicted octanol–water partition coefficient (Wildman–Crippen LogP) is 2.14. The molecule has 0 atom stereocenters. The normalized spacial score (nSPS) is 13.5. The van der Waals surface area contributed by atoms with Gasteiger partial charge in [0.25, 0.3) is 23.6 Å². The van der Waals surface area contributed by atoms with E-state index in [-0.39, 0.29) is 137 Å². The minimum atomic E-state index is -0.908. The summed E-state index contributed by atoms with van der Waals surface area (Å²) >= 11 is 0. The molecule has 25 heteroatoms. The van der Waals surface area contributed by atoms with Crippen LogP contribution in [0, 0.1) is 0 Å². The van der Waals surface area contributed by atoms with E-state index in [1.807, 2.05) is 0 Å². The lowest BCUT2D eigenvalue weighted by Gasteiger charge is -2.22. The largest absolute Gasteiger partial charge is 0.465 e. The van der Waals surface area contributed by atoms with Gasteiger partial charge in [0.05, 0.1) is 59.4 Å². The number of benzene rings is 2. The van der Waals surface area contributed by atoms with Crippen molar-refractivity contribution in [1.82, 2.24) is 25.9 Å². The monoisotopic (exact) mass is 923 g/mol. The number of imide groups is 1. The van der Waals surface area contributed by atoms with Gasteiger partial charge in [0.15, 0.2) is 0 Å². The number of alkyl carbamates (subject to hydrolysis) is 1. The molecule has 1 saturated heterocycles. The number of fused-ring (bicyclic) bond motifs is 3. The number of hydrogen-bond donors (Lipinski definition) is 3. The van der Waals surface area contributed by atoms with Crippen molar-refractivity contribution in [1.29, 1.82) is 0 Å². The predicted molar refractivity (Wildman–Crippen MR) is 229 cm³/mol. The van der Waals surface area contributed by atoms with Gasteiger partial charge in [-0.15, -0.1) is 5.06 Å². The highest BCUT2D eigenvalue weighted by molar-refractivity contribution is 6.01. The molecule has 4 rings (SSSR count). The number of esters is 1.